The minimum absolute atomic E-state index is 0.0368. The number of esters is 2. The predicted octanol–water partition coefficient (Wildman–Crippen LogP) is 3.18. The quantitative estimate of drug-likeness (QED) is 0.208. The monoisotopic (exact) mass is 430 g/mol. The van der Waals surface area contributed by atoms with Crippen LogP contribution >= 0.6 is 15.9 Å². The number of nitrogens with one attached hydrogen (secondary N) is 1. The van der Waals surface area contributed by atoms with Crippen LogP contribution in [0.2, 0.25) is 0 Å². The van der Waals surface area contributed by atoms with Crippen molar-refractivity contribution in [3.05, 3.63) is 38.5 Å². The summed E-state index contributed by atoms with van der Waals surface area (Å²) in [5, 5.41) is 13.9. The number of nitro benzene ring substituents is 1. The number of halogens is 1. The van der Waals surface area contributed by atoms with Gasteiger partial charge in [0.05, 0.1) is 36.3 Å². The van der Waals surface area contributed by atoms with Crippen molar-refractivity contribution >= 4 is 39.2 Å². The lowest BCUT2D eigenvalue weighted by atomic mass is 10.2. The van der Waals surface area contributed by atoms with Crippen molar-refractivity contribution in [1.29, 1.82) is 0 Å². The number of nitrogens with zero attached hydrogens (tertiary/aromatic N) is 1. The van der Waals surface area contributed by atoms with Gasteiger partial charge in [0.15, 0.2) is 0 Å². The van der Waals surface area contributed by atoms with E-state index in [0.717, 1.165) is 33.1 Å². The molecule has 142 valence electrons. The number of hydrogen-bond donors (Lipinski definition) is 1. The molecule has 0 bridgehead atoms. The van der Waals surface area contributed by atoms with E-state index in [2.05, 4.69) is 30.7 Å². The van der Waals surface area contributed by atoms with Gasteiger partial charge in [-0.05, 0) is 22.4 Å². The van der Waals surface area contributed by atoms with Crippen molar-refractivity contribution in [2.24, 2.45) is 0 Å². The van der Waals surface area contributed by atoms with Crippen molar-refractivity contribution in [3.63, 3.8) is 0 Å². The van der Waals surface area contributed by atoms with Gasteiger partial charge in [0.2, 0.25) is 0 Å². The number of unbranched alkanes of at least 4 members (excludes halogenated alkanes) is 1. The first-order valence-corrected chi connectivity index (χ1v) is 8.39. The zero-order valence-corrected chi connectivity index (χ0v) is 16.1. The number of carbonyl (C=O) groups is 2. The van der Waals surface area contributed by atoms with Gasteiger partial charge in [-0.3, -0.25) is 10.1 Å². The van der Waals surface area contributed by atoms with Crippen LogP contribution in [0.5, 0.6) is 5.75 Å². The van der Waals surface area contributed by atoms with Gasteiger partial charge in [0.25, 0.3) is 5.69 Å². The Balaban J connectivity index is 3.30. The van der Waals surface area contributed by atoms with Gasteiger partial charge in [-0.25, -0.2) is 9.59 Å². The first-order valence-electron chi connectivity index (χ1n) is 7.59. The number of ether oxygens (including phenoxy) is 3. The maximum absolute atomic E-state index is 11.8. The Morgan fingerprint density at radius 3 is 2.54 bits per heavy atom. The summed E-state index contributed by atoms with van der Waals surface area (Å²) < 4.78 is 15.0. The molecule has 0 unspecified atom stereocenters. The van der Waals surface area contributed by atoms with Crippen LogP contribution in [-0.4, -0.2) is 37.7 Å². The highest BCUT2D eigenvalue weighted by atomic mass is 79.9. The lowest BCUT2D eigenvalue weighted by molar-refractivity contribution is -0.384. The highest BCUT2D eigenvalue weighted by Crippen LogP contribution is 2.37. The summed E-state index contributed by atoms with van der Waals surface area (Å²) in [6.45, 7) is 2.43. The van der Waals surface area contributed by atoms with E-state index >= 15 is 0 Å². The second kappa shape index (κ2) is 10.4. The Bertz CT molecular complexity index is 719. The number of carbonyl (C=O) groups excluding carboxylic acids is 2. The average molecular weight is 431 g/mol. The maximum atomic E-state index is 11.8. The molecule has 1 N–H and O–H groups in total. The minimum atomic E-state index is -0.888. The topological polar surface area (TPSA) is 117 Å². The highest BCUT2D eigenvalue weighted by Gasteiger charge is 2.22. The Labute approximate surface area is 158 Å². The second-order valence-electron chi connectivity index (χ2n) is 4.96. The van der Waals surface area contributed by atoms with E-state index in [1.165, 1.54) is 12.1 Å². The first kappa shape index (κ1) is 21.4. The average Bonchev–Trinajstić information content (AvgIpc) is 2.62. The van der Waals surface area contributed by atoms with Crippen LogP contribution in [0.4, 0.5) is 11.4 Å². The van der Waals surface area contributed by atoms with E-state index in [4.69, 9.17) is 4.74 Å². The molecule has 0 amide bonds. The number of methoxy groups -OCH3 is 2. The first-order chi connectivity index (χ1) is 12.3. The van der Waals surface area contributed by atoms with Crippen LogP contribution in [0.3, 0.4) is 0 Å². The molecule has 0 radical (unpaired) electrons. The summed E-state index contributed by atoms with van der Waals surface area (Å²) in [6, 6.07) is 2.61. The number of benzene rings is 1. The van der Waals surface area contributed by atoms with Crippen molar-refractivity contribution in [2.75, 3.05) is 26.1 Å². The fraction of sp³-hybridized carbons (Fsp3) is 0.375. The molecule has 10 heteroatoms. The number of hydrogen-bond acceptors (Lipinski definition) is 8. The van der Waals surface area contributed by atoms with Crippen LogP contribution in [0, 0.1) is 10.1 Å². The van der Waals surface area contributed by atoms with Gasteiger partial charge in [0, 0.05) is 12.1 Å². The molecule has 9 nitrogen and oxygen atoms in total. The molecule has 0 saturated heterocycles. The standard InChI is InChI=1S/C16H19BrN2O7/c1-4-5-6-26-14-8-11(13(19(22)23)7-10(14)17)18-12(16(21)25-3)9-15(20)24-2/h7-9,18H,4-6H2,1-3H3/b12-9+. The summed E-state index contributed by atoms with van der Waals surface area (Å²) >= 11 is 3.22. The lowest BCUT2D eigenvalue weighted by Gasteiger charge is -2.13. The molecule has 1 rings (SSSR count). The van der Waals surface area contributed by atoms with Gasteiger partial charge in [-0.15, -0.1) is 0 Å². The van der Waals surface area contributed by atoms with Gasteiger partial charge in [-0.1, -0.05) is 13.3 Å². The molecular weight excluding hydrogens is 412 g/mol. The van der Waals surface area contributed by atoms with Crippen molar-refractivity contribution < 1.29 is 28.7 Å². The molecule has 0 fully saturated rings. The van der Waals surface area contributed by atoms with Crippen LogP contribution < -0.4 is 10.1 Å². The summed E-state index contributed by atoms with van der Waals surface area (Å²) in [5.74, 6) is -1.35. The van der Waals surface area contributed by atoms with E-state index in [1.54, 1.807) is 0 Å². The number of rotatable bonds is 9. The van der Waals surface area contributed by atoms with Crippen LogP contribution in [0.15, 0.2) is 28.4 Å². The molecule has 1 aromatic rings. The largest absolute Gasteiger partial charge is 0.492 e. The number of nitro groups is 1. The Kier molecular flexibility index (Phi) is 8.56. The Morgan fingerprint density at radius 2 is 2.00 bits per heavy atom. The second-order valence-corrected chi connectivity index (χ2v) is 5.81. The summed E-state index contributed by atoms with van der Waals surface area (Å²) in [6.07, 6.45) is 2.57. The molecule has 0 spiro atoms. The Morgan fingerprint density at radius 1 is 1.31 bits per heavy atom. The van der Waals surface area contributed by atoms with Gasteiger partial charge < -0.3 is 19.5 Å². The molecule has 1 aromatic carbocycles. The molecule has 26 heavy (non-hydrogen) atoms. The van der Waals surface area contributed by atoms with E-state index in [-0.39, 0.29) is 17.1 Å². The molecule has 0 aliphatic rings. The maximum Gasteiger partial charge on any atom is 0.354 e. The van der Waals surface area contributed by atoms with Crippen LogP contribution in [-0.2, 0) is 19.1 Å². The third kappa shape index (κ3) is 6.03. The normalized spacial score (nSPS) is 10.8. The van der Waals surface area contributed by atoms with E-state index in [9.17, 15) is 19.7 Å². The minimum Gasteiger partial charge on any atom is -0.492 e. The molecule has 0 atom stereocenters. The fourth-order valence-corrected chi connectivity index (χ4v) is 2.25. The van der Waals surface area contributed by atoms with E-state index in [0.29, 0.717) is 16.8 Å². The fourth-order valence-electron chi connectivity index (χ4n) is 1.81. The molecule has 0 heterocycles. The third-order valence-electron chi connectivity index (χ3n) is 3.14. The molecule has 0 saturated carbocycles. The smallest absolute Gasteiger partial charge is 0.354 e. The highest BCUT2D eigenvalue weighted by molar-refractivity contribution is 9.10. The summed E-state index contributed by atoms with van der Waals surface area (Å²) in [5.41, 5.74) is -0.672. The van der Waals surface area contributed by atoms with Crippen LogP contribution in [0.25, 0.3) is 0 Å². The zero-order valence-electron chi connectivity index (χ0n) is 14.5. The van der Waals surface area contributed by atoms with Crippen LogP contribution in [0.1, 0.15) is 19.8 Å². The zero-order chi connectivity index (χ0) is 19.7. The van der Waals surface area contributed by atoms with Gasteiger partial charge >= 0.3 is 11.9 Å². The van der Waals surface area contributed by atoms with Gasteiger partial charge in [0.1, 0.15) is 17.1 Å². The molecule has 0 aliphatic heterocycles. The Hall–Kier alpha value is -2.62. The third-order valence-corrected chi connectivity index (χ3v) is 3.76. The van der Waals surface area contributed by atoms with Crippen molar-refractivity contribution in [1.82, 2.24) is 0 Å². The molecule has 0 aliphatic carbocycles. The number of anilines is 1. The predicted molar refractivity (Wildman–Crippen MR) is 96.9 cm³/mol. The van der Waals surface area contributed by atoms with Gasteiger partial charge in [-0.2, -0.15) is 0 Å². The van der Waals surface area contributed by atoms with Crippen molar-refractivity contribution in [2.45, 2.75) is 19.8 Å². The van der Waals surface area contributed by atoms with E-state index < -0.39 is 16.9 Å². The van der Waals surface area contributed by atoms with E-state index in [1.807, 2.05) is 6.92 Å². The molecule has 0 aromatic heterocycles. The molecular formula is C16H19BrN2O7. The van der Waals surface area contributed by atoms with Crippen molar-refractivity contribution in [3.8, 4) is 5.75 Å². The summed E-state index contributed by atoms with van der Waals surface area (Å²) in [4.78, 5) is 34.0. The lowest BCUT2D eigenvalue weighted by Crippen LogP contribution is -2.16. The SMILES string of the molecule is CCCCOc1cc(N/C(=C/C(=O)OC)C(=O)OC)c([N+](=O)[O-])cc1Br. The summed E-state index contributed by atoms with van der Waals surface area (Å²) in [7, 11) is 2.25.